The first-order valence-electron chi connectivity index (χ1n) is 6.57. The fraction of sp³-hybridized carbons (Fsp3) is 0.118. The first-order valence-corrected chi connectivity index (χ1v) is 6.57. The molecular formula is C17H16N2O. The average Bonchev–Trinajstić information content (AvgIpc) is 2.79. The quantitative estimate of drug-likeness (QED) is 0.751. The van der Waals surface area contributed by atoms with Gasteiger partial charge in [0.25, 0.3) is 5.91 Å². The SMILES string of the molecule is Cc1ccc(NC(=O)c2cn(C)c3ccccc23)cc1. The van der Waals surface area contributed by atoms with Crippen molar-refractivity contribution in [3.8, 4) is 0 Å². The third-order valence-corrected chi connectivity index (χ3v) is 3.45. The Hall–Kier alpha value is -2.55. The summed E-state index contributed by atoms with van der Waals surface area (Å²) in [5.74, 6) is -0.0781. The molecule has 0 unspecified atom stereocenters. The highest BCUT2D eigenvalue weighted by atomic mass is 16.1. The summed E-state index contributed by atoms with van der Waals surface area (Å²) < 4.78 is 1.97. The van der Waals surface area contributed by atoms with Crippen LogP contribution in [0.15, 0.2) is 54.7 Å². The summed E-state index contributed by atoms with van der Waals surface area (Å²) in [4.78, 5) is 12.4. The highest BCUT2D eigenvalue weighted by Crippen LogP contribution is 2.21. The fourth-order valence-electron chi connectivity index (χ4n) is 2.36. The summed E-state index contributed by atoms with van der Waals surface area (Å²) in [6.07, 6.45) is 1.87. The molecule has 3 rings (SSSR count). The van der Waals surface area contributed by atoms with Gasteiger partial charge in [0.05, 0.1) is 5.56 Å². The number of fused-ring (bicyclic) bond motifs is 1. The van der Waals surface area contributed by atoms with Crippen molar-refractivity contribution in [3.05, 3.63) is 65.9 Å². The number of amides is 1. The molecule has 0 aliphatic carbocycles. The second kappa shape index (κ2) is 4.85. The van der Waals surface area contributed by atoms with Crippen LogP contribution in [-0.2, 0) is 7.05 Å². The average molecular weight is 264 g/mol. The Balaban J connectivity index is 1.95. The molecule has 0 saturated heterocycles. The lowest BCUT2D eigenvalue weighted by molar-refractivity contribution is 0.102. The molecule has 1 amide bonds. The summed E-state index contributed by atoms with van der Waals surface area (Å²) in [6, 6.07) is 15.7. The van der Waals surface area contributed by atoms with E-state index in [0.717, 1.165) is 16.6 Å². The number of hydrogen-bond donors (Lipinski definition) is 1. The molecule has 0 saturated carbocycles. The summed E-state index contributed by atoms with van der Waals surface area (Å²) in [7, 11) is 1.95. The minimum absolute atomic E-state index is 0.0781. The standard InChI is InChI=1S/C17H16N2O/c1-12-7-9-13(10-8-12)18-17(20)15-11-19(2)16-6-4-3-5-14(15)16/h3-11H,1-2H3,(H,18,20). The number of para-hydroxylation sites is 1. The Bertz CT molecular complexity index is 769. The first kappa shape index (κ1) is 12.5. The van der Waals surface area contributed by atoms with Crippen LogP contribution >= 0.6 is 0 Å². The maximum absolute atomic E-state index is 12.4. The summed E-state index contributed by atoms with van der Waals surface area (Å²) >= 11 is 0. The van der Waals surface area contributed by atoms with E-state index in [9.17, 15) is 4.79 Å². The number of aryl methyl sites for hydroxylation is 2. The number of carbonyl (C=O) groups is 1. The van der Waals surface area contributed by atoms with E-state index >= 15 is 0 Å². The van der Waals surface area contributed by atoms with Crippen LogP contribution in [0.3, 0.4) is 0 Å². The molecule has 20 heavy (non-hydrogen) atoms. The van der Waals surface area contributed by atoms with Crippen LogP contribution in [0.4, 0.5) is 5.69 Å². The van der Waals surface area contributed by atoms with E-state index in [2.05, 4.69) is 5.32 Å². The number of hydrogen-bond acceptors (Lipinski definition) is 1. The molecule has 0 aliphatic rings. The molecule has 100 valence electrons. The molecule has 3 heteroatoms. The molecule has 3 nitrogen and oxygen atoms in total. The van der Waals surface area contributed by atoms with E-state index in [1.165, 1.54) is 5.56 Å². The van der Waals surface area contributed by atoms with Gasteiger partial charge in [-0.3, -0.25) is 4.79 Å². The molecule has 1 N–H and O–H groups in total. The lowest BCUT2D eigenvalue weighted by Gasteiger charge is -2.04. The summed E-state index contributed by atoms with van der Waals surface area (Å²) in [5.41, 5.74) is 3.74. The highest BCUT2D eigenvalue weighted by molar-refractivity contribution is 6.12. The first-order chi connectivity index (χ1) is 9.65. The molecule has 0 spiro atoms. The molecule has 0 bridgehead atoms. The zero-order valence-electron chi connectivity index (χ0n) is 11.6. The van der Waals surface area contributed by atoms with Crippen molar-refractivity contribution in [3.63, 3.8) is 0 Å². The largest absolute Gasteiger partial charge is 0.350 e. The Morgan fingerprint density at radius 3 is 2.50 bits per heavy atom. The van der Waals surface area contributed by atoms with Gasteiger partial charge in [0, 0.05) is 29.8 Å². The molecule has 1 aromatic heterocycles. The highest BCUT2D eigenvalue weighted by Gasteiger charge is 2.13. The van der Waals surface area contributed by atoms with Crippen molar-refractivity contribution in [1.29, 1.82) is 0 Å². The third-order valence-electron chi connectivity index (χ3n) is 3.45. The van der Waals surface area contributed by atoms with Crippen molar-refractivity contribution in [1.82, 2.24) is 4.57 Å². The molecule has 0 atom stereocenters. The molecule has 3 aromatic rings. The second-order valence-corrected chi connectivity index (χ2v) is 4.99. The van der Waals surface area contributed by atoms with E-state index in [1.54, 1.807) is 0 Å². The number of carbonyl (C=O) groups excluding carboxylic acids is 1. The van der Waals surface area contributed by atoms with Crippen LogP contribution < -0.4 is 5.32 Å². The molecule has 0 fully saturated rings. The van der Waals surface area contributed by atoms with Gasteiger partial charge >= 0.3 is 0 Å². The van der Waals surface area contributed by atoms with Crippen LogP contribution in [0.25, 0.3) is 10.9 Å². The predicted molar refractivity (Wildman–Crippen MR) is 82.1 cm³/mol. The van der Waals surface area contributed by atoms with E-state index in [4.69, 9.17) is 0 Å². The Kier molecular flexibility index (Phi) is 3.03. The van der Waals surface area contributed by atoms with E-state index in [-0.39, 0.29) is 5.91 Å². The number of aromatic nitrogens is 1. The maximum atomic E-state index is 12.4. The van der Waals surface area contributed by atoms with Crippen LogP contribution in [0, 0.1) is 6.92 Å². The Morgan fingerprint density at radius 1 is 1.05 bits per heavy atom. The van der Waals surface area contributed by atoms with E-state index in [0.29, 0.717) is 5.56 Å². The normalized spacial score (nSPS) is 10.7. The van der Waals surface area contributed by atoms with Crippen molar-refractivity contribution in [2.24, 2.45) is 7.05 Å². The van der Waals surface area contributed by atoms with E-state index < -0.39 is 0 Å². The Labute approximate surface area is 117 Å². The molecular weight excluding hydrogens is 248 g/mol. The van der Waals surface area contributed by atoms with Gasteiger partial charge in [-0.1, -0.05) is 35.9 Å². The van der Waals surface area contributed by atoms with Crippen LogP contribution in [0.1, 0.15) is 15.9 Å². The lowest BCUT2D eigenvalue weighted by atomic mass is 10.1. The minimum Gasteiger partial charge on any atom is -0.350 e. The number of nitrogens with zero attached hydrogens (tertiary/aromatic N) is 1. The topological polar surface area (TPSA) is 34.0 Å². The predicted octanol–water partition coefficient (Wildman–Crippen LogP) is 3.74. The number of anilines is 1. The number of benzene rings is 2. The fourth-order valence-corrected chi connectivity index (χ4v) is 2.36. The van der Waals surface area contributed by atoms with Gasteiger partial charge in [-0.2, -0.15) is 0 Å². The van der Waals surface area contributed by atoms with Crippen molar-refractivity contribution < 1.29 is 4.79 Å². The van der Waals surface area contributed by atoms with Crippen molar-refractivity contribution >= 4 is 22.5 Å². The molecule has 1 heterocycles. The maximum Gasteiger partial charge on any atom is 0.257 e. The lowest BCUT2D eigenvalue weighted by Crippen LogP contribution is -2.11. The number of rotatable bonds is 2. The summed E-state index contributed by atoms with van der Waals surface area (Å²) in [6.45, 7) is 2.02. The molecule has 0 aliphatic heterocycles. The number of nitrogens with one attached hydrogen (secondary N) is 1. The van der Waals surface area contributed by atoms with E-state index in [1.807, 2.05) is 73.3 Å². The van der Waals surface area contributed by atoms with Crippen LogP contribution in [0.2, 0.25) is 0 Å². The van der Waals surface area contributed by atoms with Crippen molar-refractivity contribution in [2.75, 3.05) is 5.32 Å². The summed E-state index contributed by atoms with van der Waals surface area (Å²) in [5, 5.41) is 3.91. The van der Waals surface area contributed by atoms with Crippen LogP contribution in [-0.4, -0.2) is 10.5 Å². The van der Waals surface area contributed by atoms with Crippen LogP contribution in [0.5, 0.6) is 0 Å². The molecule has 2 aromatic carbocycles. The minimum atomic E-state index is -0.0781. The Morgan fingerprint density at radius 2 is 1.75 bits per heavy atom. The van der Waals surface area contributed by atoms with Crippen molar-refractivity contribution in [2.45, 2.75) is 6.92 Å². The zero-order chi connectivity index (χ0) is 14.1. The van der Waals surface area contributed by atoms with Gasteiger partial charge < -0.3 is 9.88 Å². The third kappa shape index (κ3) is 2.18. The molecule has 0 radical (unpaired) electrons. The van der Waals surface area contributed by atoms with Gasteiger partial charge in [-0.15, -0.1) is 0 Å². The van der Waals surface area contributed by atoms with Gasteiger partial charge in [-0.05, 0) is 25.1 Å². The zero-order valence-corrected chi connectivity index (χ0v) is 11.6. The van der Waals surface area contributed by atoms with Gasteiger partial charge in [0.15, 0.2) is 0 Å². The smallest absolute Gasteiger partial charge is 0.257 e. The van der Waals surface area contributed by atoms with Gasteiger partial charge in [0.1, 0.15) is 0 Å². The second-order valence-electron chi connectivity index (χ2n) is 4.99. The van der Waals surface area contributed by atoms with Gasteiger partial charge in [0.2, 0.25) is 0 Å². The van der Waals surface area contributed by atoms with Gasteiger partial charge in [-0.25, -0.2) is 0 Å². The monoisotopic (exact) mass is 264 g/mol.